The van der Waals surface area contributed by atoms with Crippen LogP contribution in [0.1, 0.15) is 78.1 Å². The van der Waals surface area contributed by atoms with Gasteiger partial charge in [-0.1, -0.05) is 39.0 Å². The lowest BCUT2D eigenvalue weighted by Crippen LogP contribution is -2.32. The first-order chi connectivity index (χ1) is 8.27. The molecule has 0 aromatic carbocycles. The largest absolute Gasteiger partial charge is 0.314 e. The van der Waals surface area contributed by atoms with Gasteiger partial charge in [-0.15, -0.1) is 0 Å². The topological polar surface area (TPSA) is 12.0 Å². The van der Waals surface area contributed by atoms with Crippen LogP contribution in [0.4, 0.5) is 0 Å². The highest BCUT2D eigenvalue weighted by Gasteiger charge is 2.53. The van der Waals surface area contributed by atoms with Crippen molar-refractivity contribution in [3.63, 3.8) is 0 Å². The van der Waals surface area contributed by atoms with Gasteiger partial charge in [0.25, 0.3) is 0 Å². The van der Waals surface area contributed by atoms with Crippen molar-refractivity contribution >= 4 is 0 Å². The van der Waals surface area contributed by atoms with Crippen molar-refractivity contribution in [2.24, 2.45) is 11.3 Å². The van der Waals surface area contributed by atoms with E-state index in [2.05, 4.69) is 19.2 Å². The second-order valence-corrected chi connectivity index (χ2v) is 6.62. The van der Waals surface area contributed by atoms with Gasteiger partial charge in [-0.25, -0.2) is 0 Å². The van der Waals surface area contributed by atoms with Crippen LogP contribution in [0.2, 0.25) is 0 Å². The van der Waals surface area contributed by atoms with E-state index in [0.717, 1.165) is 17.4 Å². The minimum atomic E-state index is 0.743. The molecule has 0 aliphatic heterocycles. The Morgan fingerprint density at radius 1 is 1.12 bits per heavy atom. The van der Waals surface area contributed by atoms with Gasteiger partial charge in [-0.2, -0.15) is 0 Å². The fraction of sp³-hybridized carbons (Fsp3) is 1.00. The van der Waals surface area contributed by atoms with E-state index in [1.165, 1.54) is 70.8 Å². The van der Waals surface area contributed by atoms with Crippen molar-refractivity contribution in [2.45, 2.75) is 84.1 Å². The molecule has 0 amide bonds. The van der Waals surface area contributed by atoms with Gasteiger partial charge in [0.2, 0.25) is 0 Å². The summed E-state index contributed by atoms with van der Waals surface area (Å²) in [7, 11) is 0. The zero-order chi connectivity index (χ0) is 12.1. The van der Waals surface area contributed by atoms with Crippen molar-refractivity contribution in [1.29, 1.82) is 0 Å². The first kappa shape index (κ1) is 13.4. The Bertz CT molecular complexity index is 216. The second-order valence-electron chi connectivity index (χ2n) is 6.62. The van der Waals surface area contributed by atoms with Gasteiger partial charge in [0.05, 0.1) is 0 Å². The van der Waals surface area contributed by atoms with Gasteiger partial charge >= 0.3 is 0 Å². The van der Waals surface area contributed by atoms with Gasteiger partial charge in [-0.3, -0.25) is 0 Å². The molecule has 0 spiro atoms. The molecule has 1 unspecified atom stereocenters. The smallest absolute Gasteiger partial charge is 0.00389 e. The molecule has 17 heavy (non-hydrogen) atoms. The molecule has 0 aromatic rings. The molecule has 1 atom stereocenters. The average molecular weight is 237 g/mol. The predicted octanol–water partition coefficient (Wildman–Crippen LogP) is 4.52. The quantitative estimate of drug-likeness (QED) is 0.551. The number of unbranched alkanes of at least 4 members (excludes halogenated alkanes) is 4. The molecule has 0 bridgehead atoms. The molecule has 100 valence electrons. The third-order valence-corrected chi connectivity index (χ3v) is 4.88. The summed E-state index contributed by atoms with van der Waals surface area (Å²) in [5.74, 6) is 1.10. The van der Waals surface area contributed by atoms with E-state index in [1.807, 2.05) is 0 Å². The van der Waals surface area contributed by atoms with E-state index in [9.17, 15) is 0 Å². The standard InChI is InChI=1S/C16H31N/c1-3-4-5-6-7-8-14(2)17-13-16(11-12-16)15-9-10-15/h14-15,17H,3-13H2,1-2H3. The first-order valence-electron chi connectivity index (χ1n) is 8.00. The summed E-state index contributed by atoms with van der Waals surface area (Å²) in [6.45, 7) is 5.98. The van der Waals surface area contributed by atoms with E-state index in [1.54, 1.807) is 0 Å². The summed E-state index contributed by atoms with van der Waals surface area (Å²) in [6.07, 6.45) is 14.5. The number of hydrogen-bond donors (Lipinski definition) is 1. The second kappa shape index (κ2) is 6.22. The Morgan fingerprint density at radius 2 is 1.82 bits per heavy atom. The highest BCUT2D eigenvalue weighted by molar-refractivity contribution is 5.05. The van der Waals surface area contributed by atoms with Gasteiger partial charge in [0.1, 0.15) is 0 Å². The molecule has 0 radical (unpaired) electrons. The summed E-state index contributed by atoms with van der Waals surface area (Å²) in [4.78, 5) is 0. The van der Waals surface area contributed by atoms with E-state index < -0.39 is 0 Å². The highest BCUT2D eigenvalue weighted by Crippen LogP contribution is 2.60. The van der Waals surface area contributed by atoms with Crippen LogP contribution in [0.25, 0.3) is 0 Å². The van der Waals surface area contributed by atoms with Crippen LogP contribution in [-0.2, 0) is 0 Å². The summed E-state index contributed by atoms with van der Waals surface area (Å²) in [6, 6.07) is 0.743. The molecule has 2 rings (SSSR count). The predicted molar refractivity (Wildman–Crippen MR) is 75.2 cm³/mol. The molecular weight excluding hydrogens is 206 g/mol. The Labute approximate surface area is 108 Å². The fourth-order valence-electron chi connectivity index (χ4n) is 3.12. The lowest BCUT2D eigenvalue weighted by atomic mass is 10.00. The van der Waals surface area contributed by atoms with Crippen LogP contribution in [0, 0.1) is 11.3 Å². The first-order valence-corrected chi connectivity index (χ1v) is 8.00. The molecule has 0 heterocycles. The third-order valence-electron chi connectivity index (χ3n) is 4.88. The summed E-state index contributed by atoms with van der Waals surface area (Å²) in [5.41, 5.74) is 0.774. The van der Waals surface area contributed by atoms with Crippen molar-refractivity contribution in [3.05, 3.63) is 0 Å². The van der Waals surface area contributed by atoms with Crippen LogP contribution in [0.15, 0.2) is 0 Å². The molecule has 2 aliphatic rings. The van der Waals surface area contributed by atoms with Gasteiger partial charge in [-0.05, 0) is 50.4 Å². The average Bonchev–Trinajstić information content (AvgIpc) is 3.16. The molecular formula is C16H31N. The summed E-state index contributed by atoms with van der Waals surface area (Å²) < 4.78 is 0. The molecule has 2 saturated carbocycles. The van der Waals surface area contributed by atoms with E-state index in [4.69, 9.17) is 0 Å². The van der Waals surface area contributed by atoms with Crippen LogP contribution in [0.5, 0.6) is 0 Å². The summed E-state index contributed by atoms with van der Waals surface area (Å²) >= 11 is 0. The normalized spacial score (nSPS) is 23.6. The maximum atomic E-state index is 3.80. The van der Waals surface area contributed by atoms with E-state index >= 15 is 0 Å². The summed E-state index contributed by atoms with van der Waals surface area (Å²) in [5, 5.41) is 3.80. The van der Waals surface area contributed by atoms with Crippen LogP contribution < -0.4 is 5.32 Å². The van der Waals surface area contributed by atoms with Crippen molar-refractivity contribution in [2.75, 3.05) is 6.54 Å². The molecule has 2 aliphatic carbocycles. The Kier molecular flexibility index (Phi) is 4.90. The molecule has 0 aromatic heterocycles. The number of hydrogen-bond acceptors (Lipinski definition) is 1. The van der Waals surface area contributed by atoms with Crippen LogP contribution in [0.3, 0.4) is 0 Å². The highest BCUT2D eigenvalue weighted by atomic mass is 14.9. The number of rotatable bonds is 10. The maximum Gasteiger partial charge on any atom is 0.00389 e. The Balaban J connectivity index is 1.48. The third kappa shape index (κ3) is 4.28. The van der Waals surface area contributed by atoms with Crippen molar-refractivity contribution < 1.29 is 0 Å². The fourth-order valence-corrected chi connectivity index (χ4v) is 3.12. The van der Waals surface area contributed by atoms with E-state index in [-0.39, 0.29) is 0 Å². The lowest BCUT2D eigenvalue weighted by Gasteiger charge is -2.19. The zero-order valence-electron chi connectivity index (χ0n) is 11.9. The van der Waals surface area contributed by atoms with Gasteiger partial charge < -0.3 is 5.32 Å². The minimum Gasteiger partial charge on any atom is -0.314 e. The Morgan fingerprint density at radius 3 is 2.41 bits per heavy atom. The molecule has 1 N–H and O–H groups in total. The molecule has 2 fully saturated rings. The van der Waals surface area contributed by atoms with Crippen molar-refractivity contribution in [3.8, 4) is 0 Å². The minimum absolute atomic E-state index is 0.743. The SMILES string of the molecule is CCCCCCCC(C)NCC1(C2CC2)CC1. The van der Waals surface area contributed by atoms with Gasteiger partial charge in [0.15, 0.2) is 0 Å². The zero-order valence-corrected chi connectivity index (χ0v) is 11.9. The van der Waals surface area contributed by atoms with Crippen molar-refractivity contribution in [1.82, 2.24) is 5.32 Å². The Hall–Kier alpha value is -0.0400. The van der Waals surface area contributed by atoms with Crippen LogP contribution >= 0.6 is 0 Å². The monoisotopic (exact) mass is 237 g/mol. The van der Waals surface area contributed by atoms with Gasteiger partial charge in [0, 0.05) is 12.6 Å². The number of nitrogens with one attached hydrogen (secondary N) is 1. The molecule has 1 heteroatoms. The molecule has 0 saturated heterocycles. The van der Waals surface area contributed by atoms with E-state index in [0.29, 0.717) is 0 Å². The maximum absolute atomic E-state index is 3.80. The molecule has 1 nitrogen and oxygen atoms in total. The lowest BCUT2D eigenvalue weighted by molar-refractivity contribution is 0.366. The van der Waals surface area contributed by atoms with Crippen LogP contribution in [-0.4, -0.2) is 12.6 Å².